The van der Waals surface area contributed by atoms with Crippen molar-refractivity contribution < 1.29 is 9.53 Å². The number of nitrogens with zero attached hydrogens (tertiary/aromatic N) is 1. The largest absolute Gasteiger partial charge is 0.461 e. The van der Waals surface area contributed by atoms with Gasteiger partial charge in [0, 0.05) is 17.2 Å². The summed E-state index contributed by atoms with van der Waals surface area (Å²) in [6.45, 7) is 2.25. The van der Waals surface area contributed by atoms with Crippen molar-refractivity contribution in [3.05, 3.63) is 17.0 Å². The van der Waals surface area contributed by atoms with Crippen LogP contribution < -0.4 is 0 Å². The standard InChI is InChI=1S/C15H20N2O2/c1-2-19-14(18)13-9-8-10-11(12(9)16-17-13)15(10)6-4-3-5-7-15/h10-11H,2-8H2,1H3,(H,16,17)/t10?,11-/m1/s1. The number of rotatable bonds is 2. The van der Waals surface area contributed by atoms with Crippen molar-refractivity contribution in [2.45, 2.75) is 51.4 Å². The van der Waals surface area contributed by atoms with Gasteiger partial charge < -0.3 is 4.74 Å². The predicted molar refractivity (Wildman–Crippen MR) is 70.0 cm³/mol. The van der Waals surface area contributed by atoms with E-state index in [9.17, 15) is 4.79 Å². The summed E-state index contributed by atoms with van der Waals surface area (Å²) in [6.07, 6.45) is 7.92. The summed E-state index contributed by atoms with van der Waals surface area (Å²) in [6, 6.07) is 0. The predicted octanol–water partition coefficient (Wildman–Crippen LogP) is 2.81. The van der Waals surface area contributed by atoms with Crippen molar-refractivity contribution in [1.29, 1.82) is 0 Å². The Bertz CT molecular complexity index is 528. The number of hydrogen-bond donors (Lipinski definition) is 1. The molecule has 102 valence electrons. The molecule has 4 rings (SSSR count). The Morgan fingerprint density at radius 3 is 2.95 bits per heavy atom. The van der Waals surface area contributed by atoms with Gasteiger partial charge in [-0.25, -0.2) is 4.79 Å². The maximum atomic E-state index is 11.9. The van der Waals surface area contributed by atoms with Crippen molar-refractivity contribution >= 4 is 5.97 Å². The van der Waals surface area contributed by atoms with Crippen LogP contribution in [-0.4, -0.2) is 22.8 Å². The normalized spacial score (nSPS) is 29.9. The van der Waals surface area contributed by atoms with Gasteiger partial charge in [0.1, 0.15) is 0 Å². The van der Waals surface area contributed by atoms with Crippen LogP contribution in [0.4, 0.5) is 0 Å². The summed E-state index contributed by atoms with van der Waals surface area (Å²) >= 11 is 0. The van der Waals surface area contributed by atoms with E-state index in [1.165, 1.54) is 37.8 Å². The summed E-state index contributed by atoms with van der Waals surface area (Å²) < 4.78 is 5.08. The average Bonchev–Trinajstić information content (AvgIpc) is 2.79. The zero-order valence-corrected chi connectivity index (χ0v) is 11.4. The Labute approximate surface area is 112 Å². The molecule has 2 atom stereocenters. The average molecular weight is 260 g/mol. The molecule has 1 N–H and O–H groups in total. The maximum Gasteiger partial charge on any atom is 0.359 e. The van der Waals surface area contributed by atoms with Gasteiger partial charge in [-0.1, -0.05) is 19.3 Å². The molecule has 0 amide bonds. The fourth-order valence-corrected chi connectivity index (χ4v) is 4.71. The molecule has 1 heterocycles. The number of H-pyrrole nitrogens is 1. The number of aromatic amines is 1. The van der Waals surface area contributed by atoms with Gasteiger partial charge in [-0.15, -0.1) is 0 Å². The van der Waals surface area contributed by atoms with Gasteiger partial charge in [-0.05, 0) is 37.5 Å². The van der Waals surface area contributed by atoms with Crippen molar-refractivity contribution in [3.8, 4) is 0 Å². The lowest BCUT2D eigenvalue weighted by Crippen LogP contribution is -2.15. The minimum absolute atomic E-state index is 0.265. The molecule has 1 aromatic heterocycles. The molecular formula is C15H20N2O2. The summed E-state index contributed by atoms with van der Waals surface area (Å²) in [7, 11) is 0. The molecule has 0 aliphatic heterocycles. The molecule has 2 fully saturated rings. The second-order valence-corrected chi connectivity index (χ2v) is 6.27. The number of hydrogen-bond acceptors (Lipinski definition) is 3. The lowest BCUT2D eigenvalue weighted by molar-refractivity contribution is 0.0518. The Morgan fingerprint density at radius 1 is 1.42 bits per heavy atom. The minimum Gasteiger partial charge on any atom is -0.461 e. The molecule has 1 aromatic rings. The van der Waals surface area contributed by atoms with Gasteiger partial charge in [-0.3, -0.25) is 5.10 Å². The Kier molecular flexibility index (Phi) is 2.32. The van der Waals surface area contributed by atoms with Gasteiger partial charge in [0.15, 0.2) is 5.69 Å². The third-order valence-corrected chi connectivity index (χ3v) is 5.54. The van der Waals surface area contributed by atoms with E-state index in [2.05, 4.69) is 10.2 Å². The smallest absolute Gasteiger partial charge is 0.359 e. The van der Waals surface area contributed by atoms with E-state index < -0.39 is 0 Å². The van der Waals surface area contributed by atoms with Gasteiger partial charge >= 0.3 is 5.97 Å². The van der Waals surface area contributed by atoms with Crippen LogP contribution in [0.25, 0.3) is 0 Å². The first-order chi connectivity index (χ1) is 9.28. The second-order valence-electron chi connectivity index (χ2n) is 6.27. The Morgan fingerprint density at radius 2 is 2.21 bits per heavy atom. The molecule has 4 nitrogen and oxygen atoms in total. The number of esters is 1. The van der Waals surface area contributed by atoms with Crippen LogP contribution in [0.2, 0.25) is 0 Å². The molecule has 2 saturated carbocycles. The molecule has 0 saturated heterocycles. The molecule has 1 unspecified atom stereocenters. The Balaban J connectivity index is 1.61. The Hall–Kier alpha value is -1.32. The van der Waals surface area contributed by atoms with Crippen molar-refractivity contribution in [1.82, 2.24) is 10.2 Å². The first-order valence-electron chi connectivity index (χ1n) is 7.52. The van der Waals surface area contributed by atoms with Crippen molar-refractivity contribution in [2.75, 3.05) is 6.61 Å². The van der Waals surface area contributed by atoms with Gasteiger partial charge in [0.25, 0.3) is 0 Å². The first kappa shape index (κ1) is 11.5. The number of nitrogens with one attached hydrogen (secondary N) is 1. The van der Waals surface area contributed by atoms with E-state index in [0.29, 0.717) is 23.6 Å². The third-order valence-electron chi connectivity index (χ3n) is 5.54. The molecule has 0 bridgehead atoms. The highest BCUT2D eigenvalue weighted by Gasteiger charge is 2.68. The highest BCUT2D eigenvalue weighted by atomic mass is 16.5. The highest BCUT2D eigenvalue weighted by molar-refractivity contribution is 5.89. The molecule has 1 spiro atoms. The number of fused-ring (bicyclic) bond motifs is 5. The monoisotopic (exact) mass is 260 g/mol. The lowest BCUT2D eigenvalue weighted by atomic mass is 9.80. The molecule has 0 aromatic carbocycles. The molecule has 0 radical (unpaired) electrons. The van der Waals surface area contributed by atoms with E-state index >= 15 is 0 Å². The number of carbonyl (C=O) groups excluding carboxylic acids is 1. The van der Waals surface area contributed by atoms with Crippen LogP contribution in [0.15, 0.2) is 0 Å². The molecule has 3 aliphatic carbocycles. The van der Waals surface area contributed by atoms with Crippen LogP contribution >= 0.6 is 0 Å². The van der Waals surface area contributed by atoms with E-state index in [4.69, 9.17) is 4.74 Å². The zero-order valence-electron chi connectivity index (χ0n) is 11.4. The topological polar surface area (TPSA) is 55.0 Å². The van der Waals surface area contributed by atoms with Crippen molar-refractivity contribution in [3.63, 3.8) is 0 Å². The third kappa shape index (κ3) is 1.40. The van der Waals surface area contributed by atoms with Gasteiger partial charge in [0.05, 0.1) is 6.61 Å². The van der Waals surface area contributed by atoms with Crippen LogP contribution in [0.1, 0.15) is 66.7 Å². The van der Waals surface area contributed by atoms with Crippen LogP contribution in [0.5, 0.6) is 0 Å². The molecule has 19 heavy (non-hydrogen) atoms. The summed E-state index contributed by atoms with van der Waals surface area (Å²) in [5.41, 5.74) is 3.48. The maximum absolute atomic E-state index is 11.9. The summed E-state index contributed by atoms with van der Waals surface area (Å²) in [4.78, 5) is 11.9. The quantitative estimate of drug-likeness (QED) is 0.832. The highest BCUT2D eigenvalue weighted by Crippen LogP contribution is 2.75. The summed E-state index contributed by atoms with van der Waals surface area (Å²) in [5, 5.41) is 7.35. The van der Waals surface area contributed by atoms with Crippen LogP contribution in [0.3, 0.4) is 0 Å². The minimum atomic E-state index is -0.265. The fourth-order valence-electron chi connectivity index (χ4n) is 4.71. The zero-order chi connectivity index (χ0) is 13.0. The lowest BCUT2D eigenvalue weighted by Gasteiger charge is -2.25. The van der Waals surface area contributed by atoms with E-state index in [1.54, 1.807) is 0 Å². The summed E-state index contributed by atoms with van der Waals surface area (Å²) in [5.74, 6) is 1.16. The fraction of sp³-hybridized carbons (Fsp3) is 0.733. The van der Waals surface area contributed by atoms with E-state index in [0.717, 1.165) is 17.9 Å². The number of aromatic nitrogens is 2. The molecular weight excluding hydrogens is 240 g/mol. The van der Waals surface area contributed by atoms with E-state index in [1.807, 2.05) is 6.92 Å². The SMILES string of the molecule is CCOC(=O)c1n[nH]c2c1CC1[C@H]2C12CCCCC2. The second kappa shape index (κ2) is 3.84. The van der Waals surface area contributed by atoms with Gasteiger partial charge in [-0.2, -0.15) is 5.10 Å². The number of carbonyl (C=O) groups is 1. The van der Waals surface area contributed by atoms with E-state index in [-0.39, 0.29) is 5.97 Å². The molecule has 3 aliphatic rings. The van der Waals surface area contributed by atoms with Crippen LogP contribution in [0, 0.1) is 11.3 Å². The molecule has 4 heteroatoms. The number of ether oxygens (including phenoxy) is 1. The van der Waals surface area contributed by atoms with Gasteiger partial charge in [0.2, 0.25) is 0 Å². The van der Waals surface area contributed by atoms with Crippen molar-refractivity contribution in [2.24, 2.45) is 11.3 Å². The first-order valence-corrected chi connectivity index (χ1v) is 7.52. The van der Waals surface area contributed by atoms with Crippen LogP contribution in [-0.2, 0) is 11.2 Å².